The lowest BCUT2D eigenvalue weighted by Crippen LogP contribution is -2.24. The van der Waals surface area contributed by atoms with Crippen molar-refractivity contribution in [2.45, 2.75) is 12.3 Å². The zero-order valence-corrected chi connectivity index (χ0v) is 15.3. The Kier molecular flexibility index (Phi) is 6.07. The molecule has 0 saturated carbocycles. The second-order valence-electron chi connectivity index (χ2n) is 5.69. The van der Waals surface area contributed by atoms with Gasteiger partial charge in [-0.05, 0) is 29.8 Å². The van der Waals surface area contributed by atoms with Gasteiger partial charge in [-0.25, -0.2) is 9.09 Å². The summed E-state index contributed by atoms with van der Waals surface area (Å²) in [7, 11) is -4.70. The lowest BCUT2D eigenvalue weighted by atomic mass is 10.1. The summed E-state index contributed by atoms with van der Waals surface area (Å²) in [5.74, 6) is 0.103. The van der Waals surface area contributed by atoms with Crippen molar-refractivity contribution in [1.82, 2.24) is 0 Å². The van der Waals surface area contributed by atoms with E-state index < -0.39 is 20.1 Å². The molecular weight excluding hydrogens is 392 g/mol. The zero-order valence-electron chi connectivity index (χ0n) is 14.5. The molecule has 0 N–H and O–H groups in total. The summed E-state index contributed by atoms with van der Waals surface area (Å²) in [6.45, 7) is 0. The number of hydrogen-bond donors (Lipinski definition) is 0. The first-order chi connectivity index (χ1) is 13.4. The van der Waals surface area contributed by atoms with Gasteiger partial charge in [0, 0.05) is 0 Å². The molecule has 3 rings (SSSR count). The smallest absolute Gasteiger partial charge is 0.395 e. The molecule has 0 unspecified atom stereocenters. The zero-order chi connectivity index (χ0) is 20.0. The fraction of sp³-hybridized carbons (Fsp3) is 0.100. The molecule has 0 aliphatic heterocycles. The SMILES string of the molecule is O=P(Oc1ccccc1)(Oc1ccccc1)O[C@H](c1ccccc1)C(F)(F)F. The van der Waals surface area contributed by atoms with Crippen molar-refractivity contribution in [2.24, 2.45) is 0 Å². The third kappa shape index (κ3) is 5.38. The van der Waals surface area contributed by atoms with E-state index in [1.165, 1.54) is 48.5 Å². The predicted octanol–water partition coefficient (Wildman–Crippen LogP) is 6.57. The number of hydrogen-bond acceptors (Lipinski definition) is 4. The molecule has 4 nitrogen and oxygen atoms in total. The molecule has 146 valence electrons. The van der Waals surface area contributed by atoms with Crippen LogP contribution >= 0.6 is 7.82 Å². The Balaban J connectivity index is 1.96. The third-order valence-corrected chi connectivity index (χ3v) is 4.89. The highest BCUT2D eigenvalue weighted by Crippen LogP contribution is 2.55. The van der Waals surface area contributed by atoms with Gasteiger partial charge in [0.05, 0.1) is 0 Å². The Bertz CT molecular complexity index is 873. The van der Waals surface area contributed by atoms with E-state index in [2.05, 4.69) is 0 Å². The molecule has 0 amide bonds. The maximum Gasteiger partial charge on any atom is 0.588 e. The van der Waals surface area contributed by atoms with Gasteiger partial charge in [-0.3, -0.25) is 0 Å². The van der Waals surface area contributed by atoms with Crippen molar-refractivity contribution in [2.75, 3.05) is 0 Å². The van der Waals surface area contributed by atoms with Crippen LogP contribution in [0.1, 0.15) is 11.7 Å². The summed E-state index contributed by atoms with van der Waals surface area (Å²) in [5, 5.41) is 0. The van der Waals surface area contributed by atoms with Gasteiger partial charge in [0.1, 0.15) is 11.5 Å². The molecule has 0 aliphatic rings. The number of para-hydroxylation sites is 2. The highest BCUT2D eigenvalue weighted by molar-refractivity contribution is 7.49. The number of halogens is 3. The van der Waals surface area contributed by atoms with Crippen molar-refractivity contribution in [3.63, 3.8) is 0 Å². The molecule has 3 aromatic rings. The number of phosphoric acid groups is 1. The average Bonchev–Trinajstić information content (AvgIpc) is 2.67. The van der Waals surface area contributed by atoms with Crippen LogP contribution in [0.25, 0.3) is 0 Å². The first-order valence-electron chi connectivity index (χ1n) is 8.25. The van der Waals surface area contributed by atoms with Crippen molar-refractivity contribution in [1.29, 1.82) is 0 Å². The summed E-state index contributed by atoms with van der Waals surface area (Å²) >= 11 is 0. The van der Waals surface area contributed by atoms with Gasteiger partial charge in [0.2, 0.25) is 0 Å². The molecule has 1 atom stereocenters. The monoisotopic (exact) mass is 408 g/mol. The minimum atomic E-state index is -4.84. The van der Waals surface area contributed by atoms with E-state index in [1.54, 1.807) is 42.5 Å². The van der Waals surface area contributed by atoms with E-state index >= 15 is 0 Å². The summed E-state index contributed by atoms with van der Waals surface area (Å²) in [6, 6.07) is 22.3. The molecule has 28 heavy (non-hydrogen) atoms. The van der Waals surface area contributed by atoms with Crippen LogP contribution in [0.4, 0.5) is 13.2 Å². The molecule has 3 aromatic carbocycles. The fourth-order valence-corrected chi connectivity index (χ4v) is 3.73. The van der Waals surface area contributed by atoms with Gasteiger partial charge in [0.15, 0.2) is 6.10 Å². The van der Waals surface area contributed by atoms with Crippen LogP contribution in [0.5, 0.6) is 11.5 Å². The van der Waals surface area contributed by atoms with Crippen LogP contribution in [-0.2, 0) is 9.09 Å². The average molecular weight is 408 g/mol. The van der Waals surface area contributed by atoms with Crippen LogP contribution < -0.4 is 9.05 Å². The number of benzene rings is 3. The van der Waals surface area contributed by atoms with E-state index in [0.717, 1.165) is 0 Å². The molecule has 0 radical (unpaired) electrons. The highest BCUT2D eigenvalue weighted by atomic mass is 31.2. The Morgan fingerprint density at radius 2 is 1.07 bits per heavy atom. The predicted molar refractivity (Wildman–Crippen MR) is 98.1 cm³/mol. The van der Waals surface area contributed by atoms with E-state index in [-0.39, 0.29) is 17.1 Å². The van der Waals surface area contributed by atoms with E-state index in [4.69, 9.17) is 13.6 Å². The molecule has 0 bridgehead atoms. The summed E-state index contributed by atoms with van der Waals surface area (Å²) < 4.78 is 69.7. The van der Waals surface area contributed by atoms with E-state index in [1.807, 2.05) is 0 Å². The molecule has 8 heteroatoms. The maximum absolute atomic E-state index is 13.7. The van der Waals surface area contributed by atoms with Crippen LogP contribution in [0, 0.1) is 0 Å². The second kappa shape index (κ2) is 8.50. The van der Waals surface area contributed by atoms with E-state index in [9.17, 15) is 17.7 Å². The normalized spacial score (nSPS) is 13.0. The Morgan fingerprint density at radius 3 is 1.46 bits per heavy atom. The Morgan fingerprint density at radius 1 is 0.679 bits per heavy atom. The van der Waals surface area contributed by atoms with Gasteiger partial charge in [-0.15, -0.1) is 0 Å². The van der Waals surface area contributed by atoms with Crippen LogP contribution in [0.15, 0.2) is 91.0 Å². The van der Waals surface area contributed by atoms with Crippen molar-refractivity contribution in [3.05, 3.63) is 96.6 Å². The minimum absolute atomic E-state index is 0.0516. The standard InChI is InChI=1S/C20H16F3O4P/c21-20(22,23)19(16-10-4-1-5-11-16)27-28(24,25-17-12-6-2-7-13-17)26-18-14-8-3-9-15-18/h1-15,19H/t19-/m1/s1. The Hall–Kier alpha value is -2.76. The lowest BCUT2D eigenvalue weighted by Gasteiger charge is -2.26. The second-order valence-corrected chi connectivity index (χ2v) is 7.16. The molecular formula is C20H16F3O4P. The number of alkyl halides is 3. The third-order valence-electron chi connectivity index (χ3n) is 3.55. The molecule has 0 aliphatic carbocycles. The summed E-state index contributed by atoms with van der Waals surface area (Å²) in [6.07, 6.45) is -7.33. The van der Waals surface area contributed by atoms with Crippen molar-refractivity contribution >= 4 is 7.82 Å². The summed E-state index contributed by atoms with van der Waals surface area (Å²) in [4.78, 5) is 0. The highest BCUT2D eigenvalue weighted by Gasteiger charge is 2.48. The van der Waals surface area contributed by atoms with Gasteiger partial charge in [-0.2, -0.15) is 13.2 Å². The number of rotatable bonds is 7. The summed E-state index contributed by atoms with van der Waals surface area (Å²) in [5.41, 5.74) is -0.219. The van der Waals surface area contributed by atoms with Crippen molar-refractivity contribution < 1.29 is 31.3 Å². The van der Waals surface area contributed by atoms with Crippen LogP contribution in [0.3, 0.4) is 0 Å². The largest absolute Gasteiger partial charge is 0.588 e. The number of phosphoric ester groups is 1. The molecule has 0 fully saturated rings. The van der Waals surface area contributed by atoms with Crippen molar-refractivity contribution in [3.8, 4) is 11.5 Å². The molecule has 0 heterocycles. The van der Waals surface area contributed by atoms with Gasteiger partial charge >= 0.3 is 14.0 Å². The molecule has 0 saturated heterocycles. The van der Waals surface area contributed by atoms with Crippen LogP contribution in [-0.4, -0.2) is 6.18 Å². The lowest BCUT2D eigenvalue weighted by molar-refractivity contribution is -0.201. The topological polar surface area (TPSA) is 44.8 Å². The van der Waals surface area contributed by atoms with Gasteiger partial charge < -0.3 is 9.05 Å². The van der Waals surface area contributed by atoms with Gasteiger partial charge in [0.25, 0.3) is 0 Å². The quantitative estimate of drug-likeness (QED) is 0.415. The Labute approximate surface area is 160 Å². The molecule has 0 spiro atoms. The minimum Gasteiger partial charge on any atom is -0.395 e. The van der Waals surface area contributed by atoms with Gasteiger partial charge in [-0.1, -0.05) is 66.7 Å². The van der Waals surface area contributed by atoms with Crippen LogP contribution in [0.2, 0.25) is 0 Å². The first-order valence-corrected chi connectivity index (χ1v) is 9.71. The fourth-order valence-electron chi connectivity index (χ4n) is 2.35. The maximum atomic E-state index is 13.7. The first kappa shape index (κ1) is 20.0. The molecule has 0 aromatic heterocycles. The van der Waals surface area contributed by atoms with E-state index in [0.29, 0.717) is 0 Å².